The van der Waals surface area contributed by atoms with Crippen LogP contribution in [-0.2, 0) is 4.79 Å². The molecule has 20 heavy (non-hydrogen) atoms. The van der Waals surface area contributed by atoms with E-state index in [-0.39, 0.29) is 12.5 Å². The lowest BCUT2D eigenvalue weighted by Crippen LogP contribution is -2.42. The van der Waals surface area contributed by atoms with Crippen molar-refractivity contribution in [1.82, 2.24) is 4.90 Å². The van der Waals surface area contributed by atoms with Crippen LogP contribution in [0.5, 0.6) is 5.75 Å². The van der Waals surface area contributed by atoms with E-state index in [0.29, 0.717) is 6.61 Å². The lowest BCUT2D eigenvalue weighted by atomic mass is 9.99. The number of likely N-dealkylation sites (tertiary alicyclic amines) is 1. The molecule has 0 spiro atoms. The number of hydrogen-bond donors (Lipinski definition) is 1. The highest BCUT2D eigenvalue weighted by molar-refractivity contribution is 5.67. The van der Waals surface area contributed by atoms with E-state index >= 15 is 0 Å². The summed E-state index contributed by atoms with van der Waals surface area (Å²) in [5.41, 5.74) is 1.13. The van der Waals surface area contributed by atoms with Gasteiger partial charge in [-0.15, -0.1) is 0 Å². The molecule has 1 N–H and O–H groups in total. The highest BCUT2D eigenvalue weighted by Gasteiger charge is 2.24. The monoisotopic (exact) mass is 277 g/mol. The molecule has 1 aliphatic heterocycles. The third-order valence-electron chi connectivity index (χ3n) is 3.89. The molecule has 0 aliphatic carbocycles. The Bertz CT molecular complexity index is 447. The number of aliphatic carboxylic acids is 1. The standard InChI is InChI=1S/C16H23NO3/c1-13-6-2-3-8-15(13)20-11-10-17-9-5-4-7-14(17)12-16(18)19/h2-3,6,8,14H,4-5,7,9-12H2,1H3,(H,18,19). The van der Waals surface area contributed by atoms with Gasteiger partial charge in [0, 0.05) is 12.6 Å². The van der Waals surface area contributed by atoms with E-state index in [1.54, 1.807) is 0 Å². The SMILES string of the molecule is Cc1ccccc1OCCN1CCCCC1CC(=O)O. The number of nitrogens with zero attached hydrogens (tertiary/aromatic N) is 1. The Labute approximate surface area is 120 Å². The van der Waals surface area contributed by atoms with Crippen LogP contribution in [0.4, 0.5) is 0 Å². The van der Waals surface area contributed by atoms with Gasteiger partial charge in [-0.1, -0.05) is 24.6 Å². The molecule has 0 bridgehead atoms. The molecule has 0 amide bonds. The molecule has 1 aliphatic rings. The number of ether oxygens (including phenoxy) is 1. The fraction of sp³-hybridized carbons (Fsp3) is 0.562. The first-order valence-corrected chi connectivity index (χ1v) is 7.31. The van der Waals surface area contributed by atoms with Crippen LogP contribution in [-0.4, -0.2) is 41.7 Å². The number of hydrogen-bond acceptors (Lipinski definition) is 3. The Morgan fingerprint density at radius 3 is 2.95 bits per heavy atom. The molecule has 110 valence electrons. The minimum absolute atomic E-state index is 0.168. The van der Waals surface area contributed by atoms with Crippen molar-refractivity contribution in [3.63, 3.8) is 0 Å². The van der Waals surface area contributed by atoms with Crippen molar-refractivity contribution in [1.29, 1.82) is 0 Å². The van der Waals surface area contributed by atoms with Crippen molar-refractivity contribution >= 4 is 5.97 Å². The first kappa shape index (κ1) is 14.9. The maximum absolute atomic E-state index is 10.9. The second kappa shape index (κ2) is 7.29. The van der Waals surface area contributed by atoms with Crippen LogP contribution < -0.4 is 4.74 Å². The van der Waals surface area contributed by atoms with Gasteiger partial charge in [0.05, 0.1) is 6.42 Å². The minimum Gasteiger partial charge on any atom is -0.492 e. The first-order valence-electron chi connectivity index (χ1n) is 7.31. The molecule has 1 aromatic carbocycles. The first-order chi connectivity index (χ1) is 9.66. The highest BCUT2D eigenvalue weighted by atomic mass is 16.5. The summed E-state index contributed by atoms with van der Waals surface area (Å²) in [6, 6.07) is 8.14. The average molecular weight is 277 g/mol. The van der Waals surface area contributed by atoms with Crippen molar-refractivity contribution in [2.24, 2.45) is 0 Å². The Hall–Kier alpha value is -1.55. The number of piperidine rings is 1. The number of carbonyl (C=O) groups is 1. The summed E-state index contributed by atoms with van der Waals surface area (Å²) in [5, 5.41) is 8.97. The molecule has 1 aromatic rings. The Morgan fingerprint density at radius 2 is 2.20 bits per heavy atom. The van der Waals surface area contributed by atoms with Gasteiger partial charge in [-0.3, -0.25) is 9.69 Å². The molecular weight excluding hydrogens is 254 g/mol. The van der Waals surface area contributed by atoms with Crippen LogP contribution in [0.25, 0.3) is 0 Å². The number of carboxylic acid groups (broad SMARTS) is 1. The zero-order valence-electron chi connectivity index (χ0n) is 12.0. The van der Waals surface area contributed by atoms with Crippen LogP contribution in [0, 0.1) is 6.92 Å². The Kier molecular flexibility index (Phi) is 5.41. The molecule has 4 nitrogen and oxygen atoms in total. The zero-order chi connectivity index (χ0) is 14.4. The van der Waals surface area contributed by atoms with Crippen LogP contribution in [0.3, 0.4) is 0 Å². The lowest BCUT2D eigenvalue weighted by Gasteiger charge is -2.34. The van der Waals surface area contributed by atoms with Crippen LogP contribution in [0.15, 0.2) is 24.3 Å². The van der Waals surface area contributed by atoms with E-state index in [4.69, 9.17) is 9.84 Å². The smallest absolute Gasteiger partial charge is 0.304 e. The Balaban J connectivity index is 1.82. The highest BCUT2D eigenvalue weighted by Crippen LogP contribution is 2.20. The summed E-state index contributed by atoms with van der Waals surface area (Å²) in [6.07, 6.45) is 3.51. The molecule has 1 unspecified atom stereocenters. The molecule has 2 rings (SSSR count). The maximum Gasteiger partial charge on any atom is 0.304 e. The normalized spacial score (nSPS) is 19.8. The second-order valence-electron chi connectivity index (χ2n) is 5.40. The maximum atomic E-state index is 10.9. The molecule has 1 saturated heterocycles. The summed E-state index contributed by atoms with van der Waals surface area (Å²) in [5.74, 6) is 0.209. The van der Waals surface area contributed by atoms with Gasteiger partial charge in [-0.2, -0.15) is 0 Å². The number of benzene rings is 1. The summed E-state index contributed by atoms with van der Waals surface area (Å²) >= 11 is 0. The third-order valence-corrected chi connectivity index (χ3v) is 3.89. The molecule has 4 heteroatoms. The fourth-order valence-electron chi connectivity index (χ4n) is 2.78. The van der Waals surface area contributed by atoms with E-state index in [1.165, 1.54) is 0 Å². The van der Waals surface area contributed by atoms with Crippen LogP contribution in [0.2, 0.25) is 0 Å². The van der Waals surface area contributed by atoms with Crippen molar-refractivity contribution in [2.45, 2.75) is 38.6 Å². The predicted molar refractivity (Wildman–Crippen MR) is 78.1 cm³/mol. The van der Waals surface area contributed by atoms with Gasteiger partial charge in [0.15, 0.2) is 0 Å². The molecule has 1 heterocycles. The Morgan fingerprint density at radius 1 is 1.40 bits per heavy atom. The van der Waals surface area contributed by atoms with E-state index < -0.39 is 5.97 Å². The van der Waals surface area contributed by atoms with Crippen molar-refractivity contribution < 1.29 is 14.6 Å². The number of rotatable bonds is 6. The van der Waals surface area contributed by atoms with Gasteiger partial charge in [0.25, 0.3) is 0 Å². The molecule has 0 radical (unpaired) electrons. The largest absolute Gasteiger partial charge is 0.492 e. The van der Waals surface area contributed by atoms with Crippen LogP contribution >= 0.6 is 0 Å². The second-order valence-corrected chi connectivity index (χ2v) is 5.40. The van der Waals surface area contributed by atoms with Gasteiger partial charge in [-0.05, 0) is 37.9 Å². The van der Waals surface area contributed by atoms with E-state index in [2.05, 4.69) is 4.90 Å². The lowest BCUT2D eigenvalue weighted by molar-refractivity contribution is -0.138. The molecular formula is C16H23NO3. The molecule has 0 aromatic heterocycles. The van der Waals surface area contributed by atoms with Gasteiger partial charge in [-0.25, -0.2) is 0 Å². The van der Waals surface area contributed by atoms with E-state index in [1.807, 2.05) is 31.2 Å². The summed E-state index contributed by atoms with van der Waals surface area (Å²) < 4.78 is 5.80. The van der Waals surface area contributed by atoms with E-state index in [9.17, 15) is 4.79 Å². The topological polar surface area (TPSA) is 49.8 Å². The molecule has 1 atom stereocenters. The van der Waals surface area contributed by atoms with Gasteiger partial charge < -0.3 is 9.84 Å². The zero-order valence-corrected chi connectivity index (χ0v) is 12.0. The summed E-state index contributed by atoms with van der Waals surface area (Å²) in [4.78, 5) is 13.2. The quantitative estimate of drug-likeness (QED) is 0.868. The number of carboxylic acids is 1. The van der Waals surface area contributed by atoms with Crippen LogP contribution in [0.1, 0.15) is 31.2 Å². The van der Waals surface area contributed by atoms with Gasteiger partial charge >= 0.3 is 5.97 Å². The van der Waals surface area contributed by atoms with Crippen molar-refractivity contribution in [3.05, 3.63) is 29.8 Å². The summed E-state index contributed by atoms with van der Waals surface area (Å²) in [7, 11) is 0. The predicted octanol–water partition coefficient (Wildman–Crippen LogP) is 2.70. The minimum atomic E-state index is -0.707. The van der Waals surface area contributed by atoms with Gasteiger partial charge in [0.2, 0.25) is 0 Å². The van der Waals surface area contributed by atoms with Crippen molar-refractivity contribution in [2.75, 3.05) is 19.7 Å². The van der Waals surface area contributed by atoms with Gasteiger partial charge in [0.1, 0.15) is 12.4 Å². The molecule has 1 fully saturated rings. The van der Waals surface area contributed by atoms with Crippen molar-refractivity contribution in [3.8, 4) is 5.75 Å². The molecule has 0 saturated carbocycles. The van der Waals surface area contributed by atoms with E-state index in [0.717, 1.165) is 43.7 Å². The summed E-state index contributed by atoms with van der Waals surface area (Å²) in [6.45, 7) is 4.42. The third kappa shape index (κ3) is 4.23. The number of aryl methyl sites for hydroxylation is 1. The average Bonchev–Trinajstić information content (AvgIpc) is 2.42. The number of para-hydroxylation sites is 1. The fourth-order valence-corrected chi connectivity index (χ4v) is 2.78.